The van der Waals surface area contributed by atoms with Crippen molar-refractivity contribution in [1.82, 2.24) is 0 Å². The molecule has 0 aliphatic carbocycles. The minimum Gasteiger partial charge on any atom is -0.258 e. The highest BCUT2D eigenvalue weighted by Crippen LogP contribution is 2.37. The Hall–Kier alpha value is -4.10. The van der Waals surface area contributed by atoms with Crippen molar-refractivity contribution in [2.75, 3.05) is 0 Å². The van der Waals surface area contributed by atoms with E-state index in [4.69, 9.17) is 0 Å². The number of nitrogens with zero attached hydrogens (tertiary/aromatic N) is 2. The average molecular weight is 422 g/mol. The van der Waals surface area contributed by atoms with Crippen molar-refractivity contribution in [1.29, 1.82) is 0 Å². The summed E-state index contributed by atoms with van der Waals surface area (Å²) in [4.78, 5) is 22.5. The van der Waals surface area contributed by atoms with Crippen LogP contribution < -0.4 is 20.7 Å². The normalized spacial score (nSPS) is 13.9. The SMILES string of the molecule is O=[N+]([O-])c1ccc2c(c1)[Si]1(c3ccccc3-2)c2ccccc2-c2ccc([N+](=O)[O-])cc21. The van der Waals surface area contributed by atoms with E-state index in [-0.39, 0.29) is 21.2 Å². The number of rotatable bonds is 2. The third-order valence-electron chi connectivity index (χ3n) is 6.48. The number of nitro groups is 2. The van der Waals surface area contributed by atoms with Crippen molar-refractivity contribution in [3.05, 3.63) is 105 Å². The summed E-state index contributed by atoms with van der Waals surface area (Å²) in [5, 5.41) is 27.4. The Balaban J connectivity index is 1.83. The van der Waals surface area contributed by atoms with E-state index in [0.717, 1.165) is 43.0 Å². The van der Waals surface area contributed by atoms with Gasteiger partial charge in [0.1, 0.15) is 0 Å². The minimum absolute atomic E-state index is 0.0368. The lowest BCUT2D eigenvalue weighted by atomic mass is 10.1. The Kier molecular flexibility index (Phi) is 3.41. The predicted molar refractivity (Wildman–Crippen MR) is 121 cm³/mol. The van der Waals surface area contributed by atoms with Gasteiger partial charge in [-0.2, -0.15) is 0 Å². The van der Waals surface area contributed by atoms with E-state index < -0.39 is 8.07 Å². The second kappa shape index (κ2) is 5.96. The Bertz CT molecular complexity index is 1350. The van der Waals surface area contributed by atoms with Gasteiger partial charge in [0.25, 0.3) is 11.4 Å². The van der Waals surface area contributed by atoms with Crippen molar-refractivity contribution < 1.29 is 9.85 Å². The molecular weight excluding hydrogens is 408 g/mol. The summed E-state index contributed by atoms with van der Waals surface area (Å²) in [6.45, 7) is 0. The minimum atomic E-state index is -2.92. The van der Waals surface area contributed by atoms with Crippen LogP contribution in [0.3, 0.4) is 0 Å². The molecule has 0 amide bonds. The zero-order valence-electron chi connectivity index (χ0n) is 16.1. The van der Waals surface area contributed by atoms with Gasteiger partial charge in [0, 0.05) is 24.3 Å². The molecule has 0 fully saturated rings. The number of nitro benzene ring substituents is 2. The van der Waals surface area contributed by atoms with Gasteiger partial charge in [0.05, 0.1) is 9.85 Å². The molecule has 1 spiro atoms. The molecule has 0 unspecified atom stereocenters. The van der Waals surface area contributed by atoms with E-state index in [0.29, 0.717) is 0 Å². The number of hydrogen-bond donors (Lipinski definition) is 0. The molecule has 148 valence electrons. The largest absolute Gasteiger partial charge is 0.269 e. The summed E-state index contributed by atoms with van der Waals surface area (Å²) >= 11 is 0. The fraction of sp³-hybridized carbons (Fsp3) is 0. The molecule has 0 N–H and O–H groups in total. The smallest absolute Gasteiger partial charge is 0.258 e. The Morgan fingerprint density at radius 1 is 0.516 bits per heavy atom. The molecule has 4 aromatic carbocycles. The van der Waals surface area contributed by atoms with Crippen LogP contribution in [0.2, 0.25) is 0 Å². The molecule has 4 aromatic rings. The lowest BCUT2D eigenvalue weighted by Gasteiger charge is -2.27. The first kappa shape index (κ1) is 17.7. The van der Waals surface area contributed by atoms with Gasteiger partial charge in [0.15, 0.2) is 8.07 Å². The van der Waals surface area contributed by atoms with Crippen LogP contribution in [0.25, 0.3) is 22.3 Å². The molecule has 31 heavy (non-hydrogen) atoms. The van der Waals surface area contributed by atoms with Crippen LogP contribution in [0.1, 0.15) is 0 Å². The van der Waals surface area contributed by atoms with Crippen molar-refractivity contribution >= 4 is 40.2 Å². The summed E-state index contributed by atoms with van der Waals surface area (Å²) in [5.41, 5.74) is 4.12. The van der Waals surface area contributed by atoms with Crippen molar-refractivity contribution in [3.63, 3.8) is 0 Å². The van der Waals surface area contributed by atoms with E-state index in [2.05, 4.69) is 12.1 Å². The third-order valence-corrected chi connectivity index (χ3v) is 11.4. The standard InChI is InChI=1S/C24H14N2O4Si/c27-25(28)15-9-11-19-17-5-1-3-7-21(17)31(23(19)13-15)22-8-4-2-6-18(22)20-12-10-16(26(29)30)14-24(20)31/h1-14H. The van der Waals surface area contributed by atoms with Crippen molar-refractivity contribution in [2.24, 2.45) is 0 Å². The average Bonchev–Trinajstić information content (AvgIpc) is 3.25. The van der Waals surface area contributed by atoms with Gasteiger partial charge >= 0.3 is 0 Å². The lowest BCUT2D eigenvalue weighted by molar-refractivity contribution is -0.384. The molecule has 6 nitrogen and oxygen atoms in total. The third kappa shape index (κ3) is 2.10. The molecule has 0 saturated carbocycles. The molecule has 2 aliphatic rings. The van der Waals surface area contributed by atoms with Crippen LogP contribution in [-0.4, -0.2) is 17.9 Å². The number of non-ortho nitro benzene ring substituents is 2. The van der Waals surface area contributed by atoms with Crippen molar-refractivity contribution in [2.45, 2.75) is 0 Å². The maximum atomic E-state index is 11.6. The fourth-order valence-corrected chi connectivity index (χ4v) is 11.0. The fourth-order valence-electron chi connectivity index (χ4n) is 5.34. The van der Waals surface area contributed by atoms with Crippen LogP contribution in [0.5, 0.6) is 0 Å². The maximum Gasteiger partial charge on any atom is 0.269 e. The summed E-state index contributed by atoms with van der Waals surface area (Å²) in [6, 6.07) is 26.2. The second-order valence-electron chi connectivity index (χ2n) is 7.82. The van der Waals surface area contributed by atoms with Gasteiger partial charge < -0.3 is 0 Å². The maximum absolute atomic E-state index is 11.6. The molecule has 7 heteroatoms. The van der Waals surface area contributed by atoms with Crippen LogP contribution in [0.15, 0.2) is 84.9 Å². The highest BCUT2D eigenvalue weighted by molar-refractivity contribution is 7.24. The zero-order chi connectivity index (χ0) is 21.3. The zero-order valence-corrected chi connectivity index (χ0v) is 17.1. The van der Waals surface area contributed by atoms with Gasteiger partial charge in [-0.1, -0.05) is 48.5 Å². The first-order valence-electron chi connectivity index (χ1n) is 9.81. The van der Waals surface area contributed by atoms with Gasteiger partial charge in [-0.15, -0.1) is 0 Å². The Morgan fingerprint density at radius 3 is 1.32 bits per heavy atom. The molecule has 0 radical (unpaired) electrons. The van der Waals surface area contributed by atoms with E-state index in [1.807, 2.05) is 48.5 Å². The van der Waals surface area contributed by atoms with Crippen LogP contribution in [0.4, 0.5) is 11.4 Å². The molecule has 2 heterocycles. The molecule has 0 saturated heterocycles. The van der Waals surface area contributed by atoms with E-state index in [1.54, 1.807) is 12.1 Å². The van der Waals surface area contributed by atoms with Gasteiger partial charge in [-0.3, -0.25) is 20.2 Å². The number of fused-ring (bicyclic) bond motifs is 10. The second-order valence-corrected chi connectivity index (χ2v) is 11.5. The summed E-state index contributed by atoms with van der Waals surface area (Å²) in [6.07, 6.45) is 0. The molecule has 0 aromatic heterocycles. The van der Waals surface area contributed by atoms with Gasteiger partial charge in [-0.25, -0.2) is 0 Å². The van der Waals surface area contributed by atoms with Gasteiger partial charge in [-0.05, 0) is 55.1 Å². The quantitative estimate of drug-likeness (QED) is 0.244. The predicted octanol–water partition coefficient (Wildman–Crippen LogP) is 2.84. The first-order valence-corrected chi connectivity index (χ1v) is 11.8. The number of hydrogen-bond acceptors (Lipinski definition) is 4. The Labute approximate surface area is 177 Å². The topological polar surface area (TPSA) is 86.3 Å². The first-order chi connectivity index (χ1) is 15.0. The van der Waals surface area contributed by atoms with E-state index in [1.165, 1.54) is 12.1 Å². The summed E-state index contributed by atoms with van der Waals surface area (Å²) in [7, 11) is -2.92. The van der Waals surface area contributed by atoms with Crippen LogP contribution in [0, 0.1) is 20.2 Å². The van der Waals surface area contributed by atoms with Crippen molar-refractivity contribution in [3.8, 4) is 22.3 Å². The van der Waals surface area contributed by atoms with E-state index >= 15 is 0 Å². The highest BCUT2D eigenvalue weighted by atomic mass is 28.3. The van der Waals surface area contributed by atoms with Crippen LogP contribution in [-0.2, 0) is 0 Å². The van der Waals surface area contributed by atoms with Crippen LogP contribution >= 0.6 is 0 Å². The molecule has 0 bridgehead atoms. The lowest BCUT2D eigenvalue weighted by Crippen LogP contribution is -2.70. The molecular formula is C24H14N2O4Si. The molecule has 6 rings (SSSR count). The van der Waals surface area contributed by atoms with E-state index in [9.17, 15) is 20.2 Å². The molecule has 0 atom stereocenters. The molecule has 2 aliphatic heterocycles. The van der Waals surface area contributed by atoms with Gasteiger partial charge in [0.2, 0.25) is 0 Å². The monoisotopic (exact) mass is 422 g/mol. The summed E-state index contributed by atoms with van der Waals surface area (Å²) < 4.78 is 0. The number of benzene rings is 4. The summed E-state index contributed by atoms with van der Waals surface area (Å²) in [5.74, 6) is 0. The highest BCUT2D eigenvalue weighted by Gasteiger charge is 2.54. The Morgan fingerprint density at radius 2 is 0.903 bits per heavy atom.